The van der Waals surface area contributed by atoms with Crippen LogP contribution in [-0.4, -0.2) is 29.6 Å². The number of benzene rings is 1. The van der Waals surface area contributed by atoms with Crippen LogP contribution in [0.5, 0.6) is 5.75 Å². The quantitative estimate of drug-likeness (QED) is 0.733. The summed E-state index contributed by atoms with van der Waals surface area (Å²) in [6.07, 6.45) is 1.93. The molecule has 1 aromatic rings. The molecule has 1 atom stereocenters. The molecule has 1 rings (SSSR count). The molecule has 116 valence electrons. The van der Waals surface area contributed by atoms with Crippen LogP contribution in [0, 0.1) is 0 Å². The third-order valence-corrected chi connectivity index (χ3v) is 3.10. The van der Waals surface area contributed by atoms with Crippen LogP contribution in [0.3, 0.4) is 0 Å². The Labute approximate surface area is 125 Å². The Morgan fingerprint density at radius 1 is 1.29 bits per heavy atom. The standard InChI is InChI=1S/C16H23NO4/c1-3-7-13(16(19)20)17-15(18)11-10-12-8-5-6-9-14(12)21-4-2/h5-6,8-9,13H,3-4,7,10-11H2,1-2H3,(H,17,18)(H,19,20)/t13-/m0/s1. The molecule has 5 nitrogen and oxygen atoms in total. The Balaban J connectivity index is 2.54. The first-order chi connectivity index (χ1) is 10.1. The van der Waals surface area contributed by atoms with Crippen LogP contribution in [0.2, 0.25) is 0 Å². The monoisotopic (exact) mass is 293 g/mol. The molecule has 5 heteroatoms. The van der Waals surface area contributed by atoms with Crippen LogP contribution >= 0.6 is 0 Å². The van der Waals surface area contributed by atoms with E-state index in [-0.39, 0.29) is 12.3 Å². The van der Waals surface area contributed by atoms with Crippen molar-refractivity contribution in [2.45, 2.75) is 45.6 Å². The average Bonchev–Trinajstić information content (AvgIpc) is 2.46. The lowest BCUT2D eigenvalue weighted by molar-refractivity contribution is -0.142. The number of hydrogen-bond acceptors (Lipinski definition) is 3. The fourth-order valence-corrected chi connectivity index (χ4v) is 2.07. The second-order valence-corrected chi connectivity index (χ2v) is 4.79. The molecule has 0 unspecified atom stereocenters. The Morgan fingerprint density at radius 2 is 2.00 bits per heavy atom. The van der Waals surface area contributed by atoms with Crippen molar-refractivity contribution >= 4 is 11.9 Å². The van der Waals surface area contributed by atoms with Gasteiger partial charge in [-0.25, -0.2) is 4.79 Å². The summed E-state index contributed by atoms with van der Waals surface area (Å²) in [7, 11) is 0. The molecule has 0 saturated heterocycles. The van der Waals surface area contributed by atoms with E-state index >= 15 is 0 Å². The van der Waals surface area contributed by atoms with Crippen LogP contribution in [0.1, 0.15) is 38.7 Å². The number of carbonyl (C=O) groups excluding carboxylic acids is 1. The van der Waals surface area contributed by atoms with Gasteiger partial charge in [0.25, 0.3) is 0 Å². The van der Waals surface area contributed by atoms with E-state index in [1.807, 2.05) is 38.1 Å². The highest BCUT2D eigenvalue weighted by molar-refractivity contribution is 5.83. The molecule has 0 aliphatic rings. The highest BCUT2D eigenvalue weighted by Gasteiger charge is 2.18. The van der Waals surface area contributed by atoms with Gasteiger partial charge < -0.3 is 15.2 Å². The Hall–Kier alpha value is -2.04. The van der Waals surface area contributed by atoms with E-state index in [1.165, 1.54) is 0 Å². The van der Waals surface area contributed by atoms with Crippen molar-refractivity contribution in [3.05, 3.63) is 29.8 Å². The minimum atomic E-state index is -0.986. The Bertz CT molecular complexity index is 473. The van der Waals surface area contributed by atoms with Crippen molar-refractivity contribution in [2.24, 2.45) is 0 Å². The number of carbonyl (C=O) groups is 2. The number of para-hydroxylation sites is 1. The van der Waals surface area contributed by atoms with Gasteiger partial charge in [0, 0.05) is 6.42 Å². The maximum Gasteiger partial charge on any atom is 0.326 e. The second kappa shape index (κ2) is 9.00. The maximum absolute atomic E-state index is 11.9. The SMILES string of the molecule is CCC[C@H](NC(=O)CCc1ccccc1OCC)C(=O)O. The molecular formula is C16H23NO4. The van der Waals surface area contributed by atoms with E-state index in [0.29, 0.717) is 25.9 Å². The van der Waals surface area contributed by atoms with Gasteiger partial charge in [0.1, 0.15) is 11.8 Å². The summed E-state index contributed by atoms with van der Waals surface area (Å²) in [5.74, 6) is -0.460. The second-order valence-electron chi connectivity index (χ2n) is 4.79. The van der Waals surface area contributed by atoms with E-state index in [0.717, 1.165) is 11.3 Å². The fourth-order valence-electron chi connectivity index (χ4n) is 2.07. The summed E-state index contributed by atoms with van der Waals surface area (Å²) < 4.78 is 5.50. The lowest BCUT2D eigenvalue weighted by atomic mass is 10.1. The topological polar surface area (TPSA) is 75.6 Å². The third-order valence-electron chi connectivity index (χ3n) is 3.10. The number of rotatable bonds is 9. The van der Waals surface area contributed by atoms with Gasteiger partial charge in [0.05, 0.1) is 6.61 Å². The summed E-state index contributed by atoms with van der Waals surface area (Å²) in [5, 5.41) is 11.6. The largest absolute Gasteiger partial charge is 0.494 e. The van der Waals surface area contributed by atoms with Crippen molar-refractivity contribution < 1.29 is 19.4 Å². The normalized spacial score (nSPS) is 11.7. The van der Waals surface area contributed by atoms with E-state index in [1.54, 1.807) is 0 Å². The van der Waals surface area contributed by atoms with Gasteiger partial charge in [-0.2, -0.15) is 0 Å². The van der Waals surface area contributed by atoms with Crippen LogP contribution in [0.15, 0.2) is 24.3 Å². The number of ether oxygens (including phenoxy) is 1. The van der Waals surface area contributed by atoms with Crippen molar-refractivity contribution in [2.75, 3.05) is 6.61 Å². The fraction of sp³-hybridized carbons (Fsp3) is 0.500. The predicted octanol–water partition coefficient (Wildman–Crippen LogP) is 2.39. The van der Waals surface area contributed by atoms with Gasteiger partial charge >= 0.3 is 5.97 Å². The molecule has 0 spiro atoms. The van der Waals surface area contributed by atoms with Crippen LogP contribution < -0.4 is 10.1 Å². The van der Waals surface area contributed by atoms with Gasteiger partial charge in [-0.05, 0) is 31.4 Å². The first-order valence-corrected chi connectivity index (χ1v) is 7.31. The molecule has 0 aromatic heterocycles. The van der Waals surface area contributed by atoms with Crippen molar-refractivity contribution in [3.8, 4) is 5.75 Å². The zero-order chi connectivity index (χ0) is 15.7. The molecule has 0 saturated carbocycles. The van der Waals surface area contributed by atoms with Crippen LogP contribution in [0.25, 0.3) is 0 Å². The Kier molecular flexibility index (Phi) is 7.29. The molecule has 0 aliphatic heterocycles. The number of aliphatic carboxylic acids is 1. The lowest BCUT2D eigenvalue weighted by Crippen LogP contribution is -2.40. The average molecular weight is 293 g/mol. The molecule has 1 aromatic carbocycles. The number of hydrogen-bond donors (Lipinski definition) is 2. The highest BCUT2D eigenvalue weighted by atomic mass is 16.5. The zero-order valence-electron chi connectivity index (χ0n) is 12.6. The maximum atomic E-state index is 11.9. The molecule has 0 bridgehead atoms. The number of nitrogens with one attached hydrogen (secondary N) is 1. The first kappa shape index (κ1) is 17.0. The van der Waals surface area contributed by atoms with Crippen molar-refractivity contribution in [3.63, 3.8) is 0 Å². The van der Waals surface area contributed by atoms with E-state index in [2.05, 4.69) is 5.32 Å². The van der Waals surface area contributed by atoms with E-state index < -0.39 is 12.0 Å². The molecule has 0 radical (unpaired) electrons. The molecule has 0 fully saturated rings. The molecule has 1 amide bonds. The number of carboxylic acid groups (broad SMARTS) is 1. The molecular weight excluding hydrogens is 270 g/mol. The number of amides is 1. The van der Waals surface area contributed by atoms with E-state index in [9.17, 15) is 9.59 Å². The van der Waals surface area contributed by atoms with Gasteiger partial charge in [0.15, 0.2) is 0 Å². The summed E-state index contributed by atoms with van der Waals surface area (Å²) in [5.41, 5.74) is 0.955. The van der Waals surface area contributed by atoms with Crippen LogP contribution in [-0.2, 0) is 16.0 Å². The number of carboxylic acids is 1. The van der Waals surface area contributed by atoms with Crippen molar-refractivity contribution in [1.82, 2.24) is 5.32 Å². The summed E-state index contributed by atoms with van der Waals surface area (Å²) in [4.78, 5) is 22.9. The Morgan fingerprint density at radius 3 is 2.62 bits per heavy atom. The van der Waals surface area contributed by atoms with Gasteiger partial charge in [-0.15, -0.1) is 0 Å². The summed E-state index contributed by atoms with van der Waals surface area (Å²) in [6, 6.07) is 6.76. The molecule has 2 N–H and O–H groups in total. The van der Waals surface area contributed by atoms with E-state index in [4.69, 9.17) is 9.84 Å². The number of aryl methyl sites for hydroxylation is 1. The zero-order valence-corrected chi connectivity index (χ0v) is 12.6. The van der Waals surface area contributed by atoms with Gasteiger partial charge in [-0.3, -0.25) is 4.79 Å². The van der Waals surface area contributed by atoms with Gasteiger partial charge in [0.2, 0.25) is 5.91 Å². The smallest absolute Gasteiger partial charge is 0.326 e. The summed E-state index contributed by atoms with van der Waals surface area (Å²) >= 11 is 0. The third kappa shape index (κ3) is 5.85. The molecule has 21 heavy (non-hydrogen) atoms. The summed E-state index contributed by atoms with van der Waals surface area (Å²) in [6.45, 7) is 4.37. The minimum Gasteiger partial charge on any atom is -0.494 e. The highest BCUT2D eigenvalue weighted by Crippen LogP contribution is 2.19. The van der Waals surface area contributed by atoms with Gasteiger partial charge in [-0.1, -0.05) is 31.5 Å². The first-order valence-electron chi connectivity index (χ1n) is 7.31. The molecule has 0 heterocycles. The lowest BCUT2D eigenvalue weighted by Gasteiger charge is -2.14. The minimum absolute atomic E-state index is 0.248. The molecule has 0 aliphatic carbocycles. The van der Waals surface area contributed by atoms with Crippen LogP contribution in [0.4, 0.5) is 0 Å². The predicted molar refractivity (Wildman–Crippen MR) is 80.4 cm³/mol. The van der Waals surface area contributed by atoms with Crippen molar-refractivity contribution in [1.29, 1.82) is 0 Å².